The predicted octanol–water partition coefficient (Wildman–Crippen LogP) is 11.4. The summed E-state index contributed by atoms with van der Waals surface area (Å²) < 4.78 is 44.5. The van der Waals surface area contributed by atoms with Gasteiger partial charge in [-0.2, -0.15) is 20.2 Å². The van der Waals surface area contributed by atoms with Crippen molar-refractivity contribution in [3.63, 3.8) is 0 Å². The van der Waals surface area contributed by atoms with E-state index in [1.165, 1.54) is 6.21 Å². The van der Waals surface area contributed by atoms with Crippen LogP contribution in [0.4, 0.5) is 77.8 Å². The molecule has 0 aliphatic carbocycles. The maximum absolute atomic E-state index is 14.2. The van der Waals surface area contributed by atoms with Gasteiger partial charge in [0.05, 0.1) is 93.5 Å². The van der Waals surface area contributed by atoms with Crippen molar-refractivity contribution in [2.45, 2.75) is 0 Å². The third-order valence-electron chi connectivity index (χ3n) is 11.2. The Balaban J connectivity index is 0.000000195. The van der Waals surface area contributed by atoms with E-state index >= 15 is 0 Å². The maximum atomic E-state index is 14.2. The molecule has 0 amide bonds. The zero-order chi connectivity index (χ0) is 55.2. The van der Waals surface area contributed by atoms with Crippen molar-refractivity contribution < 1.29 is 28.1 Å². The van der Waals surface area contributed by atoms with Crippen molar-refractivity contribution in [2.75, 3.05) is 102 Å². The highest BCUT2D eigenvalue weighted by atomic mass is 79.9. The smallest absolute Gasteiger partial charge is 0.369 e. The van der Waals surface area contributed by atoms with Crippen LogP contribution in [0.15, 0.2) is 156 Å². The average molecular weight is 1270 g/mol. The van der Waals surface area contributed by atoms with E-state index in [1.807, 2.05) is 113 Å². The Morgan fingerprint density at radius 3 is 1.33 bits per heavy atom. The number of pyridine rings is 2. The molecule has 0 bridgehead atoms. The van der Waals surface area contributed by atoms with E-state index in [0.29, 0.717) is 64.0 Å². The Kier molecular flexibility index (Phi) is 21.4. The maximum Gasteiger partial charge on any atom is 0.369 e. The molecule has 406 valence electrons. The van der Waals surface area contributed by atoms with Crippen LogP contribution in [0.5, 0.6) is 11.5 Å². The van der Waals surface area contributed by atoms with Gasteiger partial charge in [-0.05, 0) is 84.9 Å². The molecule has 26 heteroatoms. The molecular weight excluding hydrogens is 1210 g/mol. The molecule has 0 spiro atoms. The lowest BCUT2D eigenvalue weighted by Gasteiger charge is -2.27. The summed E-state index contributed by atoms with van der Waals surface area (Å²) in [4.78, 5) is 28.8. The number of halogens is 5. The van der Waals surface area contributed by atoms with E-state index in [1.54, 1.807) is 43.9 Å². The molecule has 10 rings (SSSR count). The van der Waals surface area contributed by atoms with Crippen LogP contribution in [-0.4, -0.2) is 110 Å². The lowest BCUT2D eigenvalue weighted by molar-refractivity contribution is 0.122. The third-order valence-corrected chi connectivity index (χ3v) is 11.2. The number of hydrogen-bond acceptors (Lipinski definition) is 20. The Hall–Kier alpha value is -8.04. The molecule has 8 aromatic rings. The van der Waals surface area contributed by atoms with E-state index in [-0.39, 0.29) is 32.5 Å². The number of aromatic hydroxyl groups is 1. The van der Waals surface area contributed by atoms with E-state index in [4.69, 9.17) is 14.2 Å². The summed E-state index contributed by atoms with van der Waals surface area (Å²) >= 11 is 9.31. The number of morpholine rings is 2. The van der Waals surface area contributed by atoms with E-state index < -0.39 is 11.6 Å². The molecule has 4 aromatic heterocycles. The summed E-state index contributed by atoms with van der Waals surface area (Å²) in [5.74, 6) is 0.878. The van der Waals surface area contributed by atoms with Crippen molar-refractivity contribution in [2.24, 2.45) is 10.2 Å². The highest BCUT2D eigenvalue weighted by Gasteiger charge is 2.19. The average Bonchev–Trinajstić information content (AvgIpc) is 3.46. The number of aromatic nitrogens is 6. The first kappa shape index (κ1) is 57.1. The molecule has 2 saturated heterocycles. The number of phenolic OH excluding ortho intramolecular Hbond substituents is 1. The minimum Gasteiger partial charge on any atom is -0.508 e. The highest BCUT2D eigenvalue weighted by molar-refractivity contribution is 9.69. The number of benzene rings is 4. The highest BCUT2D eigenvalue weighted by Crippen LogP contribution is 2.27. The monoisotopic (exact) mass is 1260 g/mol. The van der Waals surface area contributed by atoms with Crippen LogP contribution in [-0.2, 0) is 9.47 Å². The van der Waals surface area contributed by atoms with Crippen molar-refractivity contribution >= 4 is 132 Å². The Bertz CT molecular complexity index is 3270. The normalized spacial score (nSPS) is 13.1. The summed E-state index contributed by atoms with van der Waals surface area (Å²) in [6.45, 7) is 4.41. The van der Waals surface area contributed by atoms with Crippen LogP contribution in [0.25, 0.3) is 0 Å². The fourth-order valence-electron chi connectivity index (χ4n) is 7.54. The summed E-state index contributed by atoms with van der Waals surface area (Å²) in [5.41, 5.74) is 13.7. The number of methoxy groups -OCH3 is 1. The molecular formula is C53H52BBr3F2N16O4. The number of nitrogens with one attached hydrogen (secondary N) is 6. The SMILES string of the molecule is BrB(Br)Br.COc1cccc(Nc2cccc(Nc3ccc(/C=N/Nc4ncc(F)c(N5CCOCC5)n4)nc3)c2)c1.Oc1cccc(Nc2cccc(Nc3ccc(/C=N/Nc4ncc(F)c(N5CCOCC5)n4)nc3)c2)c1. The van der Waals surface area contributed by atoms with Crippen molar-refractivity contribution in [1.29, 1.82) is 0 Å². The molecule has 4 aromatic carbocycles. The van der Waals surface area contributed by atoms with Gasteiger partial charge in [0.2, 0.25) is 11.9 Å². The first-order valence-corrected chi connectivity index (χ1v) is 27.1. The van der Waals surface area contributed by atoms with Crippen LogP contribution in [0.2, 0.25) is 0 Å². The molecule has 0 saturated carbocycles. The number of anilines is 12. The van der Waals surface area contributed by atoms with Gasteiger partial charge in [0.1, 0.15) is 11.5 Å². The Morgan fingerprint density at radius 1 is 0.532 bits per heavy atom. The van der Waals surface area contributed by atoms with Crippen LogP contribution in [0.1, 0.15) is 11.4 Å². The van der Waals surface area contributed by atoms with E-state index in [0.717, 1.165) is 63.6 Å². The Morgan fingerprint density at radius 2 is 0.924 bits per heavy atom. The number of ether oxygens (including phenoxy) is 3. The van der Waals surface area contributed by atoms with Gasteiger partial charge in [0.15, 0.2) is 23.3 Å². The summed E-state index contributed by atoms with van der Waals surface area (Å²) in [6, 6.07) is 37.8. The third kappa shape index (κ3) is 18.6. The van der Waals surface area contributed by atoms with Crippen molar-refractivity contribution in [3.05, 3.63) is 169 Å². The molecule has 2 fully saturated rings. The second kappa shape index (κ2) is 29.6. The van der Waals surface area contributed by atoms with Crippen LogP contribution >= 0.6 is 47.3 Å². The molecule has 0 unspecified atom stereocenters. The molecule has 2 aliphatic heterocycles. The quantitative estimate of drug-likeness (QED) is 0.0255. The van der Waals surface area contributed by atoms with E-state index in [9.17, 15) is 13.9 Å². The van der Waals surface area contributed by atoms with E-state index in [2.05, 4.69) is 119 Å². The molecule has 7 N–H and O–H groups in total. The second-order valence-corrected chi connectivity index (χ2v) is 23.2. The molecule has 0 atom stereocenters. The summed E-state index contributed by atoms with van der Waals surface area (Å²) in [5, 5.41) is 31.2. The van der Waals surface area contributed by atoms with Crippen molar-refractivity contribution in [1.82, 2.24) is 29.9 Å². The number of phenols is 1. The van der Waals surface area contributed by atoms with Gasteiger partial charge in [-0.15, -0.1) is 47.3 Å². The van der Waals surface area contributed by atoms with Crippen LogP contribution in [0, 0.1) is 11.6 Å². The van der Waals surface area contributed by atoms with Crippen LogP contribution in [0.3, 0.4) is 0 Å². The zero-order valence-electron chi connectivity index (χ0n) is 42.3. The topological polar surface area (TPSA) is 229 Å². The standard InChI is InChI=1S/C27H27FN8O2.C26H25FN8O2.BBr3/c1-37-24-7-3-6-21(15-24)32-19-4-2-5-20(14-19)33-23-9-8-22(29-16-23)17-31-35-27-30-18-25(28)26(34-27)36-10-12-38-13-11-36;27-24-17-29-26(33-25(24)35-9-11-37-12-10-35)34-30-16-21-7-8-22(15-28-21)32-19-4-1-3-18(13-19)31-20-5-2-6-23(36)14-20;2-1(3)4/h2-9,14-18,32-33H,10-13H2,1H3,(H,30,34,35);1-8,13-17,31-32,36H,9-12H2,(H,29,33,34);/b31-17+;30-16+;. The van der Waals surface area contributed by atoms with Crippen molar-refractivity contribution in [3.8, 4) is 11.5 Å². The van der Waals surface area contributed by atoms with Gasteiger partial charge in [0, 0.05) is 72.4 Å². The molecule has 6 heterocycles. The van der Waals surface area contributed by atoms with Gasteiger partial charge < -0.3 is 50.4 Å². The van der Waals surface area contributed by atoms with Gasteiger partial charge >= 0.3 is 3.18 Å². The second-order valence-electron chi connectivity index (χ2n) is 16.8. The minimum absolute atomic E-state index is 0.191. The fourth-order valence-corrected chi connectivity index (χ4v) is 7.54. The van der Waals surface area contributed by atoms with Gasteiger partial charge in [-0.1, -0.05) is 24.3 Å². The Labute approximate surface area is 479 Å². The van der Waals surface area contributed by atoms with Crippen LogP contribution < -0.4 is 46.7 Å². The lowest BCUT2D eigenvalue weighted by atomic mass is 10.2. The first-order chi connectivity index (χ1) is 38.5. The molecule has 2 aliphatic rings. The predicted molar refractivity (Wildman–Crippen MR) is 321 cm³/mol. The summed E-state index contributed by atoms with van der Waals surface area (Å²) in [6.07, 6.45) is 8.75. The van der Waals surface area contributed by atoms with Gasteiger partial charge in [-0.3, -0.25) is 9.97 Å². The number of nitrogens with zero attached hydrogens (tertiary/aromatic N) is 10. The summed E-state index contributed by atoms with van der Waals surface area (Å²) in [7, 11) is 1.65. The number of hydrogen-bond donors (Lipinski definition) is 7. The van der Waals surface area contributed by atoms with Gasteiger partial charge in [0.25, 0.3) is 0 Å². The molecule has 20 nitrogen and oxygen atoms in total. The minimum atomic E-state index is -0.484. The largest absolute Gasteiger partial charge is 0.508 e. The molecule has 79 heavy (non-hydrogen) atoms. The molecule has 0 radical (unpaired) electrons. The first-order valence-electron chi connectivity index (χ1n) is 24.4. The zero-order valence-corrected chi connectivity index (χ0v) is 47.0. The lowest BCUT2D eigenvalue weighted by Crippen LogP contribution is -2.37. The number of hydrazone groups is 2. The fraction of sp³-hybridized carbons (Fsp3) is 0.170. The van der Waals surface area contributed by atoms with Gasteiger partial charge in [-0.25, -0.2) is 29.6 Å². The number of rotatable bonds is 17.